The van der Waals surface area contributed by atoms with Crippen molar-refractivity contribution in [1.29, 1.82) is 0 Å². The van der Waals surface area contributed by atoms with Crippen molar-refractivity contribution in [3.8, 4) is 0 Å². The topological polar surface area (TPSA) is 38.9 Å². The highest BCUT2D eigenvalue weighted by atomic mass is 32.1. The smallest absolute Gasteiger partial charge is 0.180 e. The molecule has 0 radical (unpaired) electrons. The van der Waals surface area contributed by atoms with E-state index >= 15 is 0 Å². The quantitative estimate of drug-likeness (QED) is 0.867. The summed E-state index contributed by atoms with van der Waals surface area (Å²) in [5, 5.41) is 2.48. The van der Waals surface area contributed by atoms with Crippen LogP contribution in [0.5, 0.6) is 0 Å². The Bertz CT molecular complexity index is 453. The first-order valence-electron chi connectivity index (χ1n) is 4.69. The number of nitrogens with zero attached hydrogens (tertiary/aromatic N) is 1. The number of anilines is 1. The molecule has 0 bridgehead atoms. The Kier molecular flexibility index (Phi) is 2.97. The standard InChI is InChI=1S/C11H11FN2S/c12-10-4-2-1-3-8(10)5-6-9-7-15-11(13)14-9/h1-4,7H,5-6H2,(H2,13,14). The van der Waals surface area contributed by atoms with Gasteiger partial charge in [0.25, 0.3) is 0 Å². The third-order valence-electron chi connectivity index (χ3n) is 2.18. The lowest BCUT2D eigenvalue weighted by molar-refractivity contribution is 0.608. The number of nitrogens with two attached hydrogens (primary N) is 1. The molecule has 0 spiro atoms. The molecule has 2 N–H and O–H groups in total. The molecule has 15 heavy (non-hydrogen) atoms. The lowest BCUT2D eigenvalue weighted by Crippen LogP contribution is -1.95. The van der Waals surface area contributed by atoms with E-state index in [1.54, 1.807) is 12.1 Å². The van der Waals surface area contributed by atoms with Crippen LogP contribution in [0.4, 0.5) is 9.52 Å². The highest BCUT2D eigenvalue weighted by Gasteiger charge is 2.03. The van der Waals surface area contributed by atoms with Crippen molar-refractivity contribution >= 4 is 16.5 Å². The molecular formula is C11H11FN2S. The Balaban J connectivity index is 2.02. The Labute approximate surface area is 91.6 Å². The van der Waals surface area contributed by atoms with Gasteiger partial charge in [0.1, 0.15) is 5.82 Å². The Morgan fingerprint density at radius 3 is 2.73 bits per heavy atom. The molecule has 0 unspecified atom stereocenters. The number of hydrogen-bond acceptors (Lipinski definition) is 3. The maximum absolute atomic E-state index is 13.3. The van der Waals surface area contributed by atoms with Crippen LogP contribution in [0, 0.1) is 5.82 Å². The fourth-order valence-corrected chi connectivity index (χ4v) is 2.00. The van der Waals surface area contributed by atoms with E-state index in [-0.39, 0.29) is 5.82 Å². The third-order valence-corrected chi connectivity index (χ3v) is 2.90. The number of thiazole rings is 1. The van der Waals surface area contributed by atoms with Crippen LogP contribution in [0.25, 0.3) is 0 Å². The van der Waals surface area contributed by atoms with Gasteiger partial charge < -0.3 is 5.73 Å². The minimum absolute atomic E-state index is 0.152. The largest absolute Gasteiger partial charge is 0.375 e. The molecule has 4 heteroatoms. The van der Waals surface area contributed by atoms with E-state index in [9.17, 15) is 4.39 Å². The highest BCUT2D eigenvalue weighted by molar-refractivity contribution is 7.13. The van der Waals surface area contributed by atoms with Gasteiger partial charge >= 0.3 is 0 Å². The van der Waals surface area contributed by atoms with E-state index in [2.05, 4.69) is 4.98 Å². The molecule has 1 aromatic heterocycles. The van der Waals surface area contributed by atoms with Crippen molar-refractivity contribution in [1.82, 2.24) is 4.98 Å². The van der Waals surface area contributed by atoms with Gasteiger partial charge in [0.15, 0.2) is 5.13 Å². The van der Waals surface area contributed by atoms with E-state index < -0.39 is 0 Å². The molecule has 1 aromatic carbocycles. The Morgan fingerprint density at radius 2 is 2.07 bits per heavy atom. The van der Waals surface area contributed by atoms with Crippen molar-refractivity contribution in [2.75, 3.05) is 5.73 Å². The first kappa shape index (κ1) is 10.1. The van der Waals surface area contributed by atoms with Gasteiger partial charge in [0.2, 0.25) is 0 Å². The summed E-state index contributed by atoms with van der Waals surface area (Å²) in [7, 11) is 0. The number of rotatable bonds is 3. The second-order valence-electron chi connectivity index (χ2n) is 3.27. The van der Waals surface area contributed by atoms with E-state index in [4.69, 9.17) is 5.73 Å². The van der Waals surface area contributed by atoms with Crippen LogP contribution in [0.15, 0.2) is 29.6 Å². The van der Waals surface area contributed by atoms with Gasteiger partial charge in [-0.2, -0.15) is 0 Å². The average Bonchev–Trinajstić information content (AvgIpc) is 2.63. The normalized spacial score (nSPS) is 10.5. The maximum Gasteiger partial charge on any atom is 0.180 e. The van der Waals surface area contributed by atoms with Crippen LogP contribution in [-0.2, 0) is 12.8 Å². The molecule has 78 valence electrons. The second kappa shape index (κ2) is 4.40. The van der Waals surface area contributed by atoms with Crippen LogP contribution in [0.2, 0.25) is 0 Å². The summed E-state index contributed by atoms with van der Waals surface area (Å²) in [5.41, 5.74) is 7.17. The van der Waals surface area contributed by atoms with Gasteiger partial charge in [-0.15, -0.1) is 11.3 Å². The first-order chi connectivity index (χ1) is 7.25. The van der Waals surface area contributed by atoms with Gasteiger partial charge in [-0.3, -0.25) is 0 Å². The molecule has 0 aliphatic rings. The van der Waals surface area contributed by atoms with Crippen LogP contribution >= 0.6 is 11.3 Å². The van der Waals surface area contributed by atoms with E-state index in [1.165, 1.54) is 17.4 Å². The lowest BCUT2D eigenvalue weighted by Gasteiger charge is -2.00. The van der Waals surface area contributed by atoms with E-state index in [0.29, 0.717) is 11.6 Å². The van der Waals surface area contributed by atoms with Gasteiger partial charge in [0, 0.05) is 5.38 Å². The Morgan fingerprint density at radius 1 is 1.27 bits per heavy atom. The molecule has 0 fully saturated rings. The molecule has 0 aliphatic heterocycles. The minimum Gasteiger partial charge on any atom is -0.375 e. The predicted molar refractivity (Wildman–Crippen MR) is 60.3 cm³/mol. The highest BCUT2D eigenvalue weighted by Crippen LogP contribution is 2.14. The van der Waals surface area contributed by atoms with Gasteiger partial charge in [0.05, 0.1) is 5.69 Å². The van der Waals surface area contributed by atoms with Crippen LogP contribution < -0.4 is 5.73 Å². The molecule has 0 saturated carbocycles. The summed E-state index contributed by atoms with van der Waals surface area (Å²) >= 11 is 1.42. The number of benzene rings is 1. The van der Waals surface area contributed by atoms with Gasteiger partial charge in [-0.25, -0.2) is 9.37 Å². The molecule has 2 rings (SSSR count). The molecule has 0 atom stereocenters. The summed E-state index contributed by atoms with van der Waals surface area (Å²) in [4.78, 5) is 4.13. The molecule has 0 saturated heterocycles. The van der Waals surface area contributed by atoms with Gasteiger partial charge in [-0.1, -0.05) is 18.2 Å². The van der Waals surface area contributed by atoms with Crippen molar-refractivity contribution in [3.63, 3.8) is 0 Å². The fraction of sp³-hybridized carbons (Fsp3) is 0.182. The van der Waals surface area contributed by atoms with Gasteiger partial charge in [-0.05, 0) is 24.5 Å². The summed E-state index contributed by atoms with van der Waals surface area (Å²) in [6.07, 6.45) is 1.39. The maximum atomic E-state index is 13.3. The summed E-state index contributed by atoms with van der Waals surface area (Å²) in [6, 6.07) is 6.81. The number of hydrogen-bond donors (Lipinski definition) is 1. The number of aromatic nitrogens is 1. The number of nitrogen functional groups attached to an aromatic ring is 1. The Hall–Kier alpha value is -1.42. The predicted octanol–water partition coefficient (Wildman–Crippen LogP) is 2.65. The van der Waals surface area contributed by atoms with Crippen LogP contribution in [-0.4, -0.2) is 4.98 Å². The summed E-state index contributed by atoms with van der Waals surface area (Å²) < 4.78 is 13.3. The second-order valence-corrected chi connectivity index (χ2v) is 4.16. The molecule has 1 heterocycles. The van der Waals surface area contributed by atoms with Crippen molar-refractivity contribution < 1.29 is 4.39 Å². The van der Waals surface area contributed by atoms with Crippen LogP contribution in [0.1, 0.15) is 11.3 Å². The van der Waals surface area contributed by atoms with E-state index in [1.807, 2.05) is 11.4 Å². The molecule has 2 aromatic rings. The minimum atomic E-state index is -0.152. The zero-order valence-electron chi connectivity index (χ0n) is 8.11. The lowest BCUT2D eigenvalue weighted by atomic mass is 10.1. The summed E-state index contributed by atoms with van der Waals surface area (Å²) in [5.74, 6) is -0.152. The zero-order chi connectivity index (χ0) is 10.7. The number of halogens is 1. The monoisotopic (exact) mass is 222 g/mol. The third kappa shape index (κ3) is 2.53. The van der Waals surface area contributed by atoms with Crippen molar-refractivity contribution in [2.45, 2.75) is 12.8 Å². The fourth-order valence-electron chi connectivity index (χ4n) is 1.40. The molecule has 0 aliphatic carbocycles. The summed E-state index contributed by atoms with van der Waals surface area (Å²) in [6.45, 7) is 0. The molecular weight excluding hydrogens is 211 g/mol. The van der Waals surface area contributed by atoms with E-state index in [0.717, 1.165) is 17.7 Å². The average molecular weight is 222 g/mol. The zero-order valence-corrected chi connectivity index (χ0v) is 8.93. The van der Waals surface area contributed by atoms with Crippen molar-refractivity contribution in [2.24, 2.45) is 0 Å². The molecule has 2 nitrogen and oxygen atoms in total. The van der Waals surface area contributed by atoms with Crippen molar-refractivity contribution in [3.05, 3.63) is 46.7 Å². The molecule has 0 amide bonds. The van der Waals surface area contributed by atoms with Crippen LogP contribution in [0.3, 0.4) is 0 Å². The first-order valence-corrected chi connectivity index (χ1v) is 5.57. The number of aryl methyl sites for hydroxylation is 2. The SMILES string of the molecule is Nc1nc(CCc2ccccc2F)cs1.